The molecule has 11 heteroatoms. The van der Waals surface area contributed by atoms with E-state index in [0.29, 0.717) is 25.0 Å². The smallest absolute Gasteiger partial charge is 0.320 e. The third-order valence-electron chi connectivity index (χ3n) is 4.37. The minimum absolute atomic E-state index is 0.0596. The van der Waals surface area contributed by atoms with E-state index in [1.165, 1.54) is 6.07 Å². The number of hydrogen-bond donors (Lipinski definition) is 2. The Kier molecular flexibility index (Phi) is 5.91. The van der Waals surface area contributed by atoms with Gasteiger partial charge in [0.05, 0.1) is 23.4 Å². The number of nitrogens with zero attached hydrogens (tertiary/aromatic N) is 3. The summed E-state index contributed by atoms with van der Waals surface area (Å²) in [5.74, 6) is -2.52. The lowest BCUT2D eigenvalue weighted by molar-refractivity contribution is 0.0991. The van der Waals surface area contributed by atoms with Crippen LogP contribution in [0.4, 0.5) is 31.9 Å². The summed E-state index contributed by atoms with van der Waals surface area (Å²) in [6, 6.07) is 9.02. The van der Waals surface area contributed by atoms with E-state index in [-0.39, 0.29) is 22.1 Å². The Morgan fingerprint density at radius 2 is 1.80 bits per heavy atom. The largest absolute Gasteiger partial charge is 0.399 e. The summed E-state index contributed by atoms with van der Waals surface area (Å²) in [5, 5.41) is 12.5. The van der Waals surface area contributed by atoms with Crippen molar-refractivity contribution in [2.24, 2.45) is 0 Å². The monoisotopic (exact) mass is 479 g/mol. The van der Waals surface area contributed by atoms with Gasteiger partial charge >= 0.3 is 17.8 Å². The number of amides is 1. The Bertz CT molecular complexity index is 1050. The lowest BCUT2D eigenvalue weighted by Gasteiger charge is -2.28. The topological polar surface area (TPSA) is 92.5 Å². The van der Waals surface area contributed by atoms with Crippen molar-refractivity contribution in [2.45, 2.75) is 0 Å². The van der Waals surface area contributed by atoms with E-state index in [1.54, 1.807) is 12.1 Å². The van der Waals surface area contributed by atoms with Gasteiger partial charge in [0.15, 0.2) is 0 Å². The third-order valence-corrected chi connectivity index (χ3v) is 4.98. The van der Waals surface area contributed by atoms with Crippen LogP contribution >= 0.6 is 15.9 Å². The van der Waals surface area contributed by atoms with Crippen molar-refractivity contribution in [3.63, 3.8) is 0 Å². The summed E-state index contributed by atoms with van der Waals surface area (Å²) in [5.41, 5.74) is 1.50. The quantitative estimate of drug-likeness (QED) is 0.535. The fourth-order valence-electron chi connectivity index (χ4n) is 2.86. The zero-order chi connectivity index (χ0) is 21.1. The minimum atomic E-state index is -0.847. The van der Waals surface area contributed by atoms with Crippen LogP contribution < -0.4 is 15.5 Å². The van der Waals surface area contributed by atoms with Crippen LogP contribution in [0.3, 0.4) is 0 Å². The third kappa shape index (κ3) is 4.57. The second-order valence-corrected chi connectivity index (χ2v) is 7.24. The van der Waals surface area contributed by atoms with Crippen LogP contribution in [0.2, 0.25) is 0 Å². The highest BCUT2D eigenvalue weighted by Crippen LogP contribution is 2.26. The first-order valence-corrected chi connectivity index (χ1v) is 9.78. The average molecular weight is 480 g/mol. The van der Waals surface area contributed by atoms with Gasteiger partial charge in [0.1, 0.15) is 11.6 Å². The molecule has 0 spiro atoms. The molecule has 3 aromatic rings. The van der Waals surface area contributed by atoms with E-state index in [4.69, 9.17) is 9.15 Å². The van der Waals surface area contributed by atoms with Gasteiger partial charge in [-0.2, -0.15) is 0 Å². The number of carbonyl (C=O) groups is 1. The Morgan fingerprint density at radius 1 is 1.07 bits per heavy atom. The Hall–Kier alpha value is -3.05. The fraction of sp³-hybridized carbons (Fsp3) is 0.211. The van der Waals surface area contributed by atoms with Crippen molar-refractivity contribution in [3.8, 4) is 0 Å². The number of rotatable bonds is 5. The van der Waals surface area contributed by atoms with Gasteiger partial charge < -0.3 is 24.7 Å². The van der Waals surface area contributed by atoms with Crippen LogP contribution in [0, 0.1) is 11.6 Å². The molecule has 8 nitrogen and oxygen atoms in total. The van der Waals surface area contributed by atoms with Crippen LogP contribution in [-0.2, 0) is 4.74 Å². The molecule has 0 aliphatic carbocycles. The Balaban J connectivity index is 1.40. The molecule has 1 saturated heterocycles. The SMILES string of the molecule is O=C(Nc1ccc(N2CCOCC2)cc1)c1nnc(Nc2cc(Br)c(F)cc2F)o1. The number of nitrogens with one attached hydrogen (secondary N) is 2. The molecule has 1 fully saturated rings. The van der Waals surface area contributed by atoms with Gasteiger partial charge in [-0.05, 0) is 46.3 Å². The van der Waals surface area contributed by atoms with Crippen molar-refractivity contribution < 1.29 is 22.7 Å². The first kappa shape index (κ1) is 20.2. The molecule has 0 radical (unpaired) electrons. The maximum absolute atomic E-state index is 13.8. The highest BCUT2D eigenvalue weighted by Gasteiger charge is 2.17. The Morgan fingerprint density at radius 3 is 2.53 bits per heavy atom. The van der Waals surface area contributed by atoms with E-state index in [1.807, 2.05) is 12.1 Å². The van der Waals surface area contributed by atoms with Crippen molar-refractivity contribution in [2.75, 3.05) is 41.8 Å². The molecule has 2 N–H and O–H groups in total. The number of benzene rings is 2. The van der Waals surface area contributed by atoms with E-state index in [9.17, 15) is 13.6 Å². The molecule has 30 heavy (non-hydrogen) atoms. The number of aromatic nitrogens is 2. The van der Waals surface area contributed by atoms with Gasteiger partial charge in [-0.3, -0.25) is 4.79 Å². The molecule has 156 valence electrons. The van der Waals surface area contributed by atoms with Gasteiger partial charge in [0.25, 0.3) is 0 Å². The number of halogens is 3. The maximum atomic E-state index is 13.8. The molecule has 0 unspecified atom stereocenters. The highest BCUT2D eigenvalue weighted by atomic mass is 79.9. The first-order chi connectivity index (χ1) is 14.5. The van der Waals surface area contributed by atoms with Gasteiger partial charge in [0.2, 0.25) is 0 Å². The Labute approximate surface area is 178 Å². The molecule has 1 amide bonds. The fourth-order valence-corrected chi connectivity index (χ4v) is 3.20. The predicted molar refractivity (Wildman–Crippen MR) is 109 cm³/mol. The zero-order valence-corrected chi connectivity index (χ0v) is 17.1. The van der Waals surface area contributed by atoms with E-state index in [2.05, 4.69) is 41.7 Å². The van der Waals surface area contributed by atoms with Gasteiger partial charge in [0, 0.05) is 30.5 Å². The molecule has 2 heterocycles. The van der Waals surface area contributed by atoms with Gasteiger partial charge in [-0.25, -0.2) is 8.78 Å². The summed E-state index contributed by atoms with van der Waals surface area (Å²) in [7, 11) is 0. The molecular weight excluding hydrogens is 464 g/mol. The predicted octanol–water partition coefficient (Wildman–Crippen LogP) is 3.94. The van der Waals surface area contributed by atoms with E-state index < -0.39 is 17.5 Å². The number of morpholine rings is 1. The van der Waals surface area contributed by atoms with Crippen LogP contribution in [0.5, 0.6) is 0 Å². The molecule has 0 saturated carbocycles. The highest BCUT2D eigenvalue weighted by molar-refractivity contribution is 9.10. The summed E-state index contributed by atoms with van der Waals surface area (Å²) in [6.45, 7) is 3.00. The molecular formula is C19H16BrF2N5O3. The zero-order valence-electron chi connectivity index (χ0n) is 15.5. The summed E-state index contributed by atoms with van der Waals surface area (Å²) in [6.07, 6.45) is 0. The van der Waals surface area contributed by atoms with Crippen molar-refractivity contribution >= 4 is 44.9 Å². The van der Waals surface area contributed by atoms with Crippen molar-refractivity contribution in [1.29, 1.82) is 0 Å². The number of anilines is 4. The lowest BCUT2D eigenvalue weighted by Crippen LogP contribution is -2.36. The average Bonchev–Trinajstić information content (AvgIpc) is 3.22. The normalized spacial score (nSPS) is 13.9. The number of ether oxygens (including phenoxy) is 1. The van der Waals surface area contributed by atoms with Crippen LogP contribution in [-0.4, -0.2) is 42.4 Å². The molecule has 1 aliphatic heterocycles. The molecule has 1 aliphatic rings. The lowest BCUT2D eigenvalue weighted by atomic mass is 10.2. The molecule has 2 aromatic carbocycles. The molecule has 0 atom stereocenters. The van der Waals surface area contributed by atoms with E-state index >= 15 is 0 Å². The standard InChI is InChI=1S/C19H16BrF2N5O3/c20-13-9-16(15(22)10-14(13)21)24-19-26-25-18(30-19)17(28)23-11-1-3-12(4-2-11)27-5-7-29-8-6-27/h1-4,9-10H,5-8H2,(H,23,28)(H,24,26). The number of carbonyl (C=O) groups excluding carboxylic acids is 1. The molecule has 1 aromatic heterocycles. The van der Waals surface area contributed by atoms with Gasteiger partial charge in [-0.1, -0.05) is 5.10 Å². The van der Waals surface area contributed by atoms with Crippen LogP contribution in [0.1, 0.15) is 10.7 Å². The second-order valence-electron chi connectivity index (χ2n) is 6.38. The number of hydrogen-bond acceptors (Lipinski definition) is 7. The van der Waals surface area contributed by atoms with Gasteiger partial charge in [-0.15, -0.1) is 5.10 Å². The van der Waals surface area contributed by atoms with Crippen LogP contribution in [0.15, 0.2) is 45.3 Å². The molecule has 0 bridgehead atoms. The summed E-state index contributed by atoms with van der Waals surface area (Å²) < 4.78 is 37.8. The van der Waals surface area contributed by atoms with Crippen molar-refractivity contribution in [3.05, 3.63) is 58.4 Å². The second kappa shape index (κ2) is 8.76. The summed E-state index contributed by atoms with van der Waals surface area (Å²) in [4.78, 5) is 14.5. The van der Waals surface area contributed by atoms with Crippen LogP contribution in [0.25, 0.3) is 0 Å². The summed E-state index contributed by atoms with van der Waals surface area (Å²) >= 11 is 2.97. The molecule has 4 rings (SSSR count). The van der Waals surface area contributed by atoms with E-state index in [0.717, 1.165) is 18.8 Å². The van der Waals surface area contributed by atoms with Crippen molar-refractivity contribution in [1.82, 2.24) is 10.2 Å². The minimum Gasteiger partial charge on any atom is -0.399 e. The first-order valence-electron chi connectivity index (χ1n) is 8.99. The maximum Gasteiger partial charge on any atom is 0.320 e.